The molecule has 5 nitrogen and oxygen atoms in total. The fourth-order valence-electron chi connectivity index (χ4n) is 1.68. The molecule has 0 aliphatic carbocycles. The summed E-state index contributed by atoms with van der Waals surface area (Å²) in [7, 11) is 0. The maximum Gasteiger partial charge on any atom is 0.270 e. The molecule has 0 bridgehead atoms. The van der Waals surface area contributed by atoms with Crippen molar-refractivity contribution in [2.24, 2.45) is 0 Å². The summed E-state index contributed by atoms with van der Waals surface area (Å²) in [5.74, 6) is -0.306. The second-order valence-electron chi connectivity index (χ2n) is 4.13. The van der Waals surface area contributed by atoms with Crippen molar-refractivity contribution >= 4 is 45.5 Å². The highest BCUT2D eigenvalue weighted by atomic mass is 127. The van der Waals surface area contributed by atoms with E-state index in [1.165, 1.54) is 12.1 Å². The molecule has 0 saturated carbocycles. The zero-order chi connectivity index (χ0) is 14.7. The molecule has 0 radical (unpaired) electrons. The van der Waals surface area contributed by atoms with Gasteiger partial charge in [0.2, 0.25) is 0 Å². The molecule has 2 rings (SSSR count). The van der Waals surface area contributed by atoms with Crippen molar-refractivity contribution in [3.8, 4) is 0 Å². The molecule has 7 heteroatoms. The van der Waals surface area contributed by atoms with E-state index in [0.29, 0.717) is 9.13 Å². The highest BCUT2D eigenvalue weighted by Crippen LogP contribution is 2.22. The molecular formula is C13H11IN2O3S. The van der Waals surface area contributed by atoms with Crippen molar-refractivity contribution in [3.05, 3.63) is 59.8 Å². The lowest BCUT2D eigenvalue weighted by molar-refractivity contribution is -0.384. The van der Waals surface area contributed by atoms with Gasteiger partial charge in [0.25, 0.3) is 11.6 Å². The van der Waals surface area contributed by atoms with Crippen LogP contribution >= 0.6 is 33.9 Å². The Labute approximate surface area is 133 Å². The standard InChI is InChI=1S/C13H11IN2O3S/c1-8(12-3-2-6-20-12)15-13(17)10-7-9(16(18)19)4-5-11(10)14/h2-8H,1H3,(H,15,17). The lowest BCUT2D eigenvalue weighted by Gasteiger charge is -2.13. The molecular weight excluding hydrogens is 391 g/mol. The van der Waals surface area contributed by atoms with Crippen LogP contribution in [0.3, 0.4) is 0 Å². The van der Waals surface area contributed by atoms with Gasteiger partial charge in [-0.05, 0) is 47.0 Å². The number of nitrogens with zero attached hydrogens (tertiary/aromatic N) is 1. The van der Waals surface area contributed by atoms with Crippen LogP contribution in [0.25, 0.3) is 0 Å². The first-order valence-corrected chi connectivity index (χ1v) is 7.73. The van der Waals surface area contributed by atoms with Crippen LogP contribution < -0.4 is 5.32 Å². The van der Waals surface area contributed by atoms with E-state index in [0.717, 1.165) is 4.88 Å². The van der Waals surface area contributed by atoms with E-state index in [4.69, 9.17) is 0 Å². The number of nitro benzene ring substituents is 1. The third kappa shape index (κ3) is 3.34. The molecule has 1 aromatic heterocycles. The number of hydrogen-bond donors (Lipinski definition) is 1. The Bertz CT molecular complexity index is 643. The fraction of sp³-hybridized carbons (Fsp3) is 0.154. The summed E-state index contributed by atoms with van der Waals surface area (Å²) in [5.41, 5.74) is 0.238. The Kier molecular flexibility index (Phi) is 4.71. The molecule has 0 aliphatic rings. The van der Waals surface area contributed by atoms with Crippen LogP contribution in [0, 0.1) is 13.7 Å². The van der Waals surface area contributed by atoms with Gasteiger partial charge >= 0.3 is 0 Å². The van der Waals surface area contributed by atoms with E-state index in [2.05, 4.69) is 5.32 Å². The van der Waals surface area contributed by atoms with Crippen LogP contribution in [0.4, 0.5) is 5.69 Å². The van der Waals surface area contributed by atoms with Gasteiger partial charge in [0.15, 0.2) is 0 Å². The zero-order valence-electron chi connectivity index (χ0n) is 10.5. The van der Waals surface area contributed by atoms with Gasteiger partial charge in [-0.3, -0.25) is 14.9 Å². The molecule has 1 atom stereocenters. The predicted molar refractivity (Wildman–Crippen MR) is 86.0 cm³/mol. The highest BCUT2D eigenvalue weighted by molar-refractivity contribution is 14.1. The second kappa shape index (κ2) is 6.31. The number of hydrogen-bond acceptors (Lipinski definition) is 4. The molecule has 0 fully saturated rings. The molecule has 1 N–H and O–H groups in total. The number of non-ortho nitro benzene ring substituents is 1. The first-order valence-electron chi connectivity index (χ1n) is 5.77. The minimum absolute atomic E-state index is 0.0839. The monoisotopic (exact) mass is 402 g/mol. The largest absolute Gasteiger partial charge is 0.345 e. The number of carbonyl (C=O) groups is 1. The summed E-state index contributed by atoms with van der Waals surface area (Å²) >= 11 is 3.55. The lowest BCUT2D eigenvalue weighted by atomic mass is 10.1. The van der Waals surface area contributed by atoms with Gasteiger partial charge in [0.05, 0.1) is 16.5 Å². The Morgan fingerprint density at radius 3 is 2.80 bits per heavy atom. The predicted octanol–water partition coefficient (Wildman–Crippen LogP) is 3.75. The van der Waals surface area contributed by atoms with Crippen molar-refractivity contribution in [2.75, 3.05) is 0 Å². The minimum Gasteiger partial charge on any atom is -0.345 e. The number of halogens is 1. The smallest absolute Gasteiger partial charge is 0.270 e. The van der Waals surface area contributed by atoms with Gasteiger partial charge in [-0.2, -0.15) is 0 Å². The van der Waals surface area contributed by atoms with Crippen molar-refractivity contribution < 1.29 is 9.72 Å². The van der Waals surface area contributed by atoms with Gasteiger partial charge in [0, 0.05) is 20.6 Å². The Morgan fingerprint density at radius 1 is 1.45 bits per heavy atom. The van der Waals surface area contributed by atoms with E-state index >= 15 is 0 Å². The van der Waals surface area contributed by atoms with E-state index in [1.807, 2.05) is 47.0 Å². The van der Waals surface area contributed by atoms with Gasteiger partial charge in [-0.25, -0.2) is 0 Å². The summed E-state index contributed by atoms with van der Waals surface area (Å²) in [6, 6.07) is 7.99. The van der Waals surface area contributed by atoms with Gasteiger partial charge in [0.1, 0.15) is 0 Å². The average Bonchev–Trinajstić information content (AvgIpc) is 2.92. The molecule has 1 aromatic carbocycles. The molecule has 20 heavy (non-hydrogen) atoms. The van der Waals surface area contributed by atoms with Crippen LogP contribution in [0.1, 0.15) is 28.2 Å². The van der Waals surface area contributed by atoms with Crippen molar-refractivity contribution in [2.45, 2.75) is 13.0 Å². The summed E-state index contributed by atoms with van der Waals surface area (Å²) in [5, 5.41) is 15.6. The van der Waals surface area contributed by atoms with Crippen molar-refractivity contribution in [1.29, 1.82) is 0 Å². The molecule has 104 valence electrons. The summed E-state index contributed by atoms with van der Waals surface area (Å²) in [4.78, 5) is 23.5. The number of amides is 1. The summed E-state index contributed by atoms with van der Waals surface area (Å²) in [6.07, 6.45) is 0. The van der Waals surface area contributed by atoms with Crippen LogP contribution in [0.5, 0.6) is 0 Å². The first-order chi connectivity index (χ1) is 9.49. The summed E-state index contributed by atoms with van der Waals surface area (Å²) < 4.78 is 0.684. The molecule has 1 unspecified atom stereocenters. The molecule has 0 saturated heterocycles. The fourth-order valence-corrected chi connectivity index (χ4v) is 3.00. The van der Waals surface area contributed by atoms with E-state index < -0.39 is 4.92 Å². The second-order valence-corrected chi connectivity index (χ2v) is 6.27. The third-order valence-corrected chi connectivity index (χ3v) is 4.72. The third-order valence-electron chi connectivity index (χ3n) is 2.72. The van der Waals surface area contributed by atoms with E-state index in [1.54, 1.807) is 17.4 Å². The zero-order valence-corrected chi connectivity index (χ0v) is 13.5. The van der Waals surface area contributed by atoms with E-state index in [-0.39, 0.29) is 17.6 Å². The maximum atomic E-state index is 12.2. The van der Waals surface area contributed by atoms with Gasteiger partial charge in [-0.1, -0.05) is 6.07 Å². The molecule has 1 heterocycles. The number of nitro groups is 1. The van der Waals surface area contributed by atoms with Gasteiger partial charge in [-0.15, -0.1) is 11.3 Å². The average molecular weight is 402 g/mol. The lowest BCUT2D eigenvalue weighted by Crippen LogP contribution is -2.26. The van der Waals surface area contributed by atoms with Gasteiger partial charge < -0.3 is 5.32 Å². The Hall–Kier alpha value is -1.48. The topological polar surface area (TPSA) is 72.2 Å². The minimum atomic E-state index is -0.504. The number of carbonyl (C=O) groups excluding carboxylic acids is 1. The van der Waals surface area contributed by atoms with Crippen LogP contribution in [-0.2, 0) is 0 Å². The normalized spacial score (nSPS) is 11.9. The quantitative estimate of drug-likeness (QED) is 0.481. The number of benzene rings is 1. The molecule has 0 aliphatic heterocycles. The van der Waals surface area contributed by atoms with Crippen LogP contribution in [0.15, 0.2) is 35.7 Å². The Morgan fingerprint density at radius 2 is 2.20 bits per heavy atom. The molecule has 1 amide bonds. The maximum absolute atomic E-state index is 12.2. The number of nitrogens with one attached hydrogen (secondary N) is 1. The first kappa shape index (κ1) is 14.9. The SMILES string of the molecule is CC(NC(=O)c1cc([N+](=O)[O-])ccc1I)c1cccs1. The number of rotatable bonds is 4. The summed E-state index contributed by atoms with van der Waals surface area (Å²) in [6.45, 7) is 1.88. The van der Waals surface area contributed by atoms with Crippen LogP contribution in [-0.4, -0.2) is 10.8 Å². The van der Waals surface area contributed by atoms with Crippen molar-refractivity contribution in [3.63, 3.8) is 0 Å². The highest BCUT2D eigenvalue weighted by Gasteiger charge is 2.17. The molecule has 2 aromatic rings. The number of thiophene rings is 1. The molecule has 0 spiro atoms. The van der Waals surface area contributed by atoms with Crippen molar-refractivity contribution in [1.82, 2.24) is 5.32 Å². The van der Waals surface area contributed by atoms with E-state index in [9.17, 15) is 14.9 Å². The van der Waals surface area contributed by atoms with Crippen LogP contribution in [0.2, 0.25) is 0 Å². The Balaban J connectivity index is 2.20.